The molecule has 28 heavy (non-hydrogen) atoms. The number of amides is 2. The van der Waals surface area contributed by atoms with E-state index in [0.717, 1.165) is 61.2 Å². The van der Waals surface area contributed by atoms with Crippen LogP contribution in [0.5, 0.6) is 0 Å². The van der Waals surface area contributed by atoms with Gasteiger partial charge < -0.3 is 15.2 Å². The van der Waals surface area contributed by atoms with Crippen molar-refractivity contribution in [1.29, 1.82) is 0 Å². The molecule has 0 spiro atoms. The van der Waals surface area contributed by atoms with Gasteiger partial charge in [-0.25, -0.2) is 4.98 Å². The molecule has 2 heterocycles. The number of anilines is 1. The molecule has 0 saturated heterocycles. The number of fused-ring (bicyclic) bond motifs is 1. The Kier molecular flexibility index (Phi) is 6.17. The van der Waals surface area contributed by atoms with Crippen molar-refractivity contribution in [2.75, 3.05) is 5.32 Å². The molecular weight excluding hydrogens is 352 g/mol. The smallest absolute Gasteiger partial charge is 0.287 e. The Labute approximate surface area is 166 Å². The first-order valence-corrected chi connectivity index (χ1v) is 10.3. The summed E-state index contributed by atoms with van der Waals surface area (Å²) in [6.45, 7) is 8.78. The molecule has 2 N–H and O–H groups in total. The number of aromatic nitrogens is 2. The molecule has 1 atom stereocenters. The molecule has 6 nitrogen and oxygen atoms in total. The number of carbonyl (C=O) groups is 2. The van der Waals surface area contributed by atoms with Gasteiger partial charge in [0.15, 0.2) is 11.5 Å². The van der Waals surface area contributed by atoms with E-state index in [9.17, 15) is 9.59 Å². The lowest BCUT2D eigenvalue weighted by atomic mass is 10.0. The van der Waals surface area contributed by atoms with Crippen molar-refractivity contribution in [2.45, 2.75) is 72.4 Å². The van der Waals surface area contributed by atoms with Gasteiger partial charge in [-0.15, -0.1) is 0 Å². The van der Waals surface area contributed by atoms with Crippen LogP contribution in [0.4, 0.5) is 5.69 Å². The molecule has 3 rings (SSSR count). The SMILES string of the molecule is CCc1cccc(C)c1NC(=O)c1nc(C(=O)NC(C)CC)n2c1CCCC2. The van der Waals surface area contributed by atoms with Crippen LogP contribution in [0.2, 0.25) is 0 Å². The average molecular weight is 383 g/mol. The molecule has 2 aromatic rings. The van der Waals surface area contributed by atoms with E-state index in [0.29, 0.717) is 11.5 Å². The van der Waals surface area contributed by atoms with E-state index < -0.39 is 0 Å². The standard InChI is InChI=1S/C22H30N4O2/c1-5-15(4)23-22(28)20-24-19(17-12-7-8-13-26(17)20)21(27)25-18-14(3)10-9-11-16(18)6-2/h9-11,15H,5-8,12-13H2,1-4H3,(H,23,28)(H,25,27). The quantitative estimate of drug-likeness (QED) is 0.796. The van der Waals surface area contributed by atoms with Crippen LogP contribution in [0.15, 0.2) is 18.2 Å². The summed E-state index contributed by atoms with van der Waals surface area (Å²) in [4.78, 5) is 30.3. The van der Waals surface area contributed by atoms with Crippen LogP contribution >= 0.6 is 0 Å². The van der Waals surface area contributed by atoms with Gasteiger partial charge in [-0.3, -0.25) is 9.59 Å². The van der Waals surface area contributed by atoms with Crippen molar-refractivity contribution < 1.29 is 9.59 Å². The zero-order valence-corrected chi connectivity index (χ0v) is 17.3. The summed E-state index contributed by atoms with van der Waals surface area (Å²) in [7, 11) is 0. The van der Waals surface area contributed by atoms with Crippen LogP contribution in [0.1, 0.15) is 78.0 Å². The number of nitrogens with one attached hydrogen (secondary N) is 2. The van der Waals surface area contributed by atoms with Gasteiger partial charge in [-0.05, 0) is 57.1 Å². The lowest BCUT2D eigenvalue weighted by molar-refractivity contribution is 0.0923. The lowest BCUT2D eigenvalue weighted by Crippen LogP contribution is -2.34. The Bertz CT molecular complexity index is 885. The second-order valence-electron chi connectivity index (χ2n) is 7.54. The third kappa shape index (κ3) is 3.96. The topological polar surface area (TPSA) is 76.0 Å². The van der Waals surface area contributed by atoms with Gasteiger partial charge in [-0.2, -0.15) is 0 Å². The van der Waals surface area contributed by atoms with Gasteiger partial charge in [0.05, 0.1) is 5.69 Å². The summed E-state index contributed by atoms with van der Waals surface area (Å²) in [5.74, 6) is -0.0976. The van der Waals surface area contributed by atoms with E-state index in [1.54, 1.807) is 0 Å². The summed E-state index contributed by atoms with van der Waals surface area (Å²) >= 11 is 0. The number of aryl methyl sites for hydroxylation is 2. The lowest BCUT2D eigenvalue weighted by Gasteiger charge is -2.18. The van der Waals surface area contributed by atoms with Crippen LogP contribution in [-0.2, 0) is 19.4 Å². The summed E-state index contributed by atoms with van der Waals surface area (Å²) in [6.07, 6.45) is 4.44. The molecule has 2 amide bonds. The largest absolute Gasteiger partial charge is 0.347 e. The number of imidazole rings is 1. The van der Waals surface area contributed by atoms with E-state index >= 15 is 0 Å². The first-order chi connectivity index (χ1) is 13.5. The van der Waals surface area contributed by atoms with Gasteiger partial charge >= 0.3 is 0 Å². The predicted molar refractivity (Wildman–Crippen MR) is 111 cm³/mol. The summed E-state index contributed by atoms with van der Waals surface area (Å²) < 4.78 is 1.93. The van der Waals surface area contributed by atoms with Crippen LogP contribution < -0.4 is 10.6 Å². The van der Waals surface area contributed by atoms with Crippen molar-refractivity contribution >= 4 is 17.5 Å². The fourth-order valence-electron chi connectivity index (χ4n) is 3.66. The maximum atomic E-state index is 13.1. The maximum absolute atomic E-state index is 13.1. The van der Waals surface area contributed by atoms with Gasteiger partial charge in [0.25, 0.3) is 11.8 Å². The second-order valence-corrected chi connectivity index (χ2v) is 7.54. The molecule has 6 heteroatoms. The molecule has 0 aliphatic carbocycles. The van der Waals surface area contributed by atoms with Crippen molar-refractivity contribution in [2.24, 2.45) is 0 Å². The van der Waals surface area contributed by atoms with Crippen LogP contribution in [-0.4, -0.2) is 27.4 Å². The molecule has 0 saturated carbocycles. The van der Waals surface area contributed by atoms with E-state index in [2.05, 4.69) is 22.5 Å². The molecule has 0 bridgehead atoms. The van der Waals surface area contributed by atoms with E-state index in [4.69, 9.17) is 0 Å². The fourth-order valence-corrected chi connectivity index (χ4v) is 3.66. The second kappa shape index (κ2) is 8.59. The van der Waals surface area contributed by atoms with Gasteiger partial charge in [-0.1, -0.05) is 32.0 Å². The molecule has 1 aromatic carbocycles. The highest BCUT2D eigenvalue weighted by Crippen LogP contribution is 2.25. The Morgan fingerprint density at radius 2 is 2.00 bits per heavy atom. The number of hydrogen-bond acceptors (Lipinski definition) is 3. The first-order valence-electron chi connectivity index (χ1n) is 10.3. The third-order valence-corrected chi connectivity index (χ3v) is 5.50. The average Bonchev–Trinajstić information content (AvgIpc) is 3.09. The molecule has 0 radical (unpaired) electrons. The van der Waals surface area contributed by atoms with Crippen LogP contribution in [0.25, 0.3) is 0 Å². The molecule has 1 aromatic heterocycles. The van der Waals surface area contributed by atoms with E-state index in [1.165, 1.54) is 0 Å². The zero-order chi connectivity index (χ0) is 20.3. The maximum Gasteiger partial charge on any atom is 0.287 e. The summed E-state index contributed by atoms with van der Waals surface area (Å²) in [5, 5.41) is 6.03. The molecular formula is C22H30N4O2. The predicted octanol–water partition coefficient (Wildman–Crippen LogP) is 3.87. The fraction of sp³-hybridized carbons (Fsp3) is 0.500. The van der Waals surface area contributed by atoms with Crippen molar-refractivity contribution in [1.82, 2.24) is 14.9 Å². The Morgan fingerprint density at radius 3 is 2.71 bits per heavy atom. The Hall–Kier alpha value is -2.63. The number of para-hydroxylation sites is 1. The molecule has 0 fully saturated rings. The van der Waals surface area contributed by atoms with Gasteiger partial charge in [0, 0.05) is 18.3 Å². The summed E-state index contributed by atoms with van der Waals surface area (Å²) in [6, 6.07) is 6.08. The highest BCUT2D eigenvalue weighted by atomic mass is 16.2. The van der Waals surface area contributed by atoms with E-state index in [-0.39, 0.29) is 17.9 Å². The minimum atomic E-state index is -0.239. The Morgan fingerprint density at radius 1 is 1.21 bits per heavy atom. The van der Waals surface area contributed by atoms with Crippen molar-refractivity contribution in [3.05, 3.63) is 46.5 Å². The molecule has 1 aliphatic rings. The van der Waals surface area contributed by atoms with Gasteiger partial charge in [0.2, 0.25) is 0 Å². The van der Waals surface area contributed by atoms with E-state index in [1.807, 2.05) is 43.5 Å². The normalized spacial score (nSPS) is 14.3. The highest BCUT2D eigenvalue weighted by molar-refractivity contribution is 6.05. The number of carbonyl (C=O) groups excluding carboxylic acids is 2. The number of nitrogens with zero attached hydrogens (tertiary/aromatic N) is 2. The zero-order valence-electron chi connectivity index (χ0n) is 17.3. The summed E-state index contributed by atoms with van der Waals surface area (Å²) in [5.41, 5.74) is 4.20. The highest BCUT2D eigenvalue weighted by Gasteiger charge is 2.28. The molecule has 1 aliphatic heterocycles. The van der Waals surface area contributed by atoms with Crippen molar-refractivity contribution in [3.63, 3.8) is 0 Å². The van der Waals surface area contributed by atoms with Crippen LogP contribution in [0.3, 0.4) is 0 Å². The van der Waals surface area contributed by atoms with Crippen LogP contribution in [0, 0.1) is 6.92 Å². The molecule has 150 valence electrons. The van der Waals surface area contributed by atoms with Crippen molar-refractivity contribution in [3.8, 4) is 0 Å². The third-order valence-electron chi connectivity index (χ3n) is 5.50. The molecule has 1 unspecified atom stereocenters. The first kappa shape index (κ1) is 20.1. The monoisotopic (exact) mass is 382 g/mol. The minimum absolute atomic E-state index is 0.0698. The number of rotatable bonds is 6. The Balaban J connectivity index is 1.94. The number of benzene rings is 1. The van der Waals surface area contributed by atoms with Gasteiger partial charge in [0.1, 0.15) is 0 Å². The number of hydrogen-bond donors (Lipinski definition) is 2. The minimum Gasteiger partial charge on any atom is -0.347 e.